The van der Waals surface area contributed by atoms with Crippen molar-refractivity contribution in [1.29, 1.82) is 0 Å². The smallest absolute Gasteiger partial charge is 0.0939 e. The summed E-state index contributed by atoms with van der Waals surface area (Å²) in [6.07, 6.45) is 5.88. The summed E-state index contributed by atoms with van der Waals surface area (Å²) in [6, 6.07) is 0.436. The first-order valence-corrected chi connectivity index (χ1v) is 8.22. The highest BCUT2D eigenvalue weighted by Gasteiger charge is 2.44. The van der Waals surface area contributed by atoms with Gasteiger partial charge in [-0.3, -0.25) is 0 Å². The van der Waals surface area contributed by atoms with Gasteiger partial charge in [-0.1, -0.05) is 20.3 Å². The second-order valence-electron chi connectivity index (χ2n) is 6.23. The van der Waals surface area contributed by atoms with Crippen LogP contribution >= 0.6 is 0 Å². The van der Waals surface area contributed by atoms with Crippen LogP contribution < -0.4 is 5.32 Å². The molecule has 2 rings (SSSR count). The second kappa shape index (κ2) is 7.74. The maximum atomic E-state index is 6.06. The molecule has 1 spiro atoms. The molecule has 2 saturated heterocycles. The van der Waals surface area contributed by atoms with Crippen molar-refractivity contribution < 1.29 is 14.2 Å². The Hall–Kier alpha value is -0.160. The lowest BCUT2D eigenvalue weighted by atomic mass is 9.78. The predicted octanol–water partition coefficient (Wildman–Crippen LogP) is 2.37. The Balaban J connectivity index is 2.03. The van der Waals surface area contributed by atoms with Crippen LogP contribution in [0.2, 0.25) is 0 Å². The lowest BCUT2D eigenvalue weighted by molar-refractivity contribution is -0.111. The zero-order valence-electron chi connectivity index (χ0n) is 13.3. The maximum absolute atomic E-state index is 6.06. The molecule has 0 radical (unpaired) electrons. The van der Waals surface area contributed by atoms with Gasteiger partial charge in [-0.05, 0) is 31.7 Å². The van der Waals surface area contributed by atoms with E-state index in [4.69, 9.17) is 14.2 Å². The van der Waals surface area contributed by atoms with Gasteiger partial charge in [0, 0.05) is 32.8 Å². The molecule has 118 valence electrons. The molecule has 0 aromatic heterocycles. The third-order valence-electron chi connectivity index (χ3n) is 4.82. The molecule has 2 aliphatic heterocycles. The number of nitrogens with one attached hydrogen (secondary N) is 1. The van der Waals surface area contributed by atoms with Crippen LogP contribution in [0.5, 0.6) is 0 Å². The molecule has 0 aromatic carbocycles. The molecule has 0 aliphatic carbocycles. The molecule has 2 fully saturated rings. The molecule has 4 heteroatoms. The van der Waals surface area contributed by atoms with Gasteiger partial charge in [0.25, 0.3) is 0 Å². The number of hydrogen-bond donors (Lipinski definition) is 1. The van der Waals surface area contributed by atoms with Crippen molar-refractivity contribution >= 4 is 0 Å². The van der Waals surface area contributed by atoms with E-state index in [1.54, 1.807) is 0 Å². The number of methoxy groups -OCH3 is 1. The van der Waals surface area contributed by atoms with Gasteiger partial charge in [-0.25, -0.2) is 0 Å². The van der Waals surface area contributed by atoms with Crippen molar-refractivity contribution in [1.82, 2.24) is 5.32 Å². The van der Waals surface area contributed by atoms with Crippen LogP contribution in [0, 0.1) is 5.92 Å². The molecule has 0 amide bonds. The minimum atomic E-state index is -0.0128. The van der Waals surface area contributed by atoms with E-state index < -0.39 is 0 Å². The third kappa shape index (κ3) is 3.73. The lowest BCUT2D eigenvalue weighted by Crippen LogP contribution is -2.52. The molecule has 4 atom stereocenters. The normalized spacial score (nSPS) is 33.5. The minimum absolute atomic E-state index is 0.0128. The summed E-state index contributed by atoms with van der Waals surface area (Å²) >= 11 is 0. The molecule has 4 nitrogen and oxygen atoms in total. The summed E-state index contributed by atoms with van der Waals surface area (Å²) in [5.74, 6) is 0.627. The van der Waals surface area contributed by atoms with E-state index in [0.717, 1.165) is 58.5 Å². The molecule has 4 unspecified atom stereocenters. The van der Waals surface area contributed by atoms with Gasteiger partial charge < -0.3 is 19.5 Å². The Morgan fingerprint density at radius 2 is 2.20 bits per heavy atom. The SMILES string of the molecule is CCCC(OC)C(NCC)C1CCOC2(CCOC2)C1. The Morgan fingerprint density at radius 3 is 2.80 bits per heavy atom. The highest BCUT2D eigenvalue weighted by molar-refractivity contribution is 4.95. The van der Waals surface area contributed by atoms with Crippen LogP contribution in [0.4, 0.5) is 0 Å². The van der Waals surface area contributed by atoms with E-state index in [2.05, 4.69) is 19.2 Å². The van der Waals surface area contributed by atoms with Crippen molar-refractivity contribution in [2.24, 2.45) is 5.92 Å². The summed E-state index contributed by atoms with van der Waals surface area (Å²) in [4.78, 5) is 0. The fourth-order valence-electron chi connectivity index (χ4n) is 3.80. The number of rotatable bonds is 7. The first-order chi connectivity index (χ1) is 9.74. The van der Waals surface area contributed by atoms with Crippen molar-refractivity contribution in [2.45, 2.75) is 63.7 Å². The van der Waals surface area contributed by atoms with Crippen LogP contribution in [0.25, 0.3) is 0 Å². The van der Waals surface area contributed by atoms with Crippen molar-refractivity contribution in [3.8, 4) is 0 Å². The van der Waals surface area contributed by atoms with Crippen molar-refractivity contribution in [3.05, 3.63) is 0 Å². The topological polar surface area (TPSA) is 39.7 Å². The summed E-state index contributed by atoms with van der Waals surface area (Å²) < 4.78 is 17.4. The Morgan fingerprint density at radius 1 is 1.35 bits per heavy atom. The fourth-order valence-corrected chi connectivity index (χ4v) is 3.80. The molecule has 2 aliphatic rings. The number of likely N-dealkylation sites (N-methyl/N-ethyl adjacent to an activating group) is 1. The fraction of sp³-hybridized carbons (Fsp3) is 1.00. The molecular formula is C16H31NO3. The van der Waals surface area contributed by atoms with Gasteiger partial charge in [-0.15, -0.1) is 0 Å². The first-order valence-electron chi connectivity index (χ1n) is 8.22. The van der Waals surface area contributed by atoms with Crippen molar-refractivity contribution in [3.63, 3.8) is 0 Å². The average molecular weight is 285 g/mol. The molecule has 0 bridgehead atoms. The third-order valence-corrected chi connectivity index (χ3v) is 4.82. The standard InChI is InChI=1S/C16H31NO3/c1-4-6-14(18-3)15(17-5-2)13-7-9-20-16(11-13)8-10-19-12-16/h13-15,17H,4-12H2,1-3H3. The van der Waals surface area contributed by atoms with Crippen LogP contribution in [-0.2, 0) is 14.2 Å². The van der Waals surface area contributed by atoms with Crippen molar-refractivity contribution in [2.75, 3.05) is 33.5 Å². The van der Waals surface area contributed by atoms with E-state index in [0.29, 0.717) is 18.1 Å². The Labute approximate surface area is 123 Å². The zero-order chi connectivity index (χ0) is 14.4. The van der Waals surface area contributed by atoms with Crippen LogP contribution in [0.3, 0.4) is 0 Å². The van der Waals surface area contributed by atoms with Gasteiger partial charge in [-0.2, -0.15) is 0 Å². The second-order valence-corrected chi connectivity index (χ2v) is 6.23. The van der Waals surface area contributed by atoms with E-state index in [9.17, 15) is 0 Å². The molecule has 1 N–H and O–H groups in total. The Bertz CT molecular complexity index is 279. The van der Waals surface area contributed by atoms with E-state index >= 15 is 0 Å². The lowest BCUT2D eigenvalue weighted by Gasteiger charge is -2.42. The molecule has 0 aromatic rings. The monoisotopic (exact) mass is 285 g/mol. The largest absolute Gasteiger partial charge is 0.380 e. The van der Waals surface area contributed by atoms with Gasteiger partial charge in [0.15, 0.2) is 0 Å². The van der Waals surface area contributed by atoms with Gasteiger partial charge >= 0.3 is 0 Å². The predicted molar refractivity (Wildman–Crippen MR) is 80.0 cm³/mol. The van der Waals surface area contributed by atoms with Crippen LogP contribution in [-0.4, -0.2) is 51.2 Å². The first kappa shape index (κ1) is 16.2. The highest BCUT2D eigenvalue weighted by Crippen LogP contribution is 2.38. The van der Waals surface area contributed by atoms with Gasteiger partial charge in [0.1, 0.15) is 0 Å². The summed E-state index contributed by atoms with van der Waals surface area (Å²) in [5.41, 5.74) is -0.0128. The van der Waals surface area contributed by atoms with Gasteiger partial charge in [0.05, 0.1) is 18.3 Å². The van der Waals surface area contributed by atoms with E-state index in [1.165, 1.54) is 0 Å². The average Bonchev–Trinajstić information content (AvgIpc) is 2.90. The highest BCUT2D eigenvalue weighted by atomic mass is 16.6. The molecular weight excluding hydrogens is 254 g/mol. The maximum Gasteiger partial charge on any atom is 0.0939 e. The molecule has 0 saturated carbocycles. The summed E-state index contributed by atoms with van der Waals surface area (Å²) in [5, 5.41) is 3.67. The van der Waals surface area contributed by atoms with Crippen LogP contribution in [0.15, 0.2) is 0 Å². The van der Waals surface area contributed by atoms with E-state index in [-0.39, 0.29) is 5.60 Å². The minimum Gasteiger partial charge on any atom is -0.380 e. The van der Waals surface area contributed by atoms with Gasteiger partial charge in [0.2, 0.25) is 0 Å². The summed E-state index contributed by atoms with van der Waals surface area (Å²) in [6.45, 7) is 7.88. The zero-order valence-corrected chi connectivity index (χ0v) is 13.3. The van der Waals surface area contributed by atoms with Crippen LogP contribution in [0.1, 0.15) is 46.0 Å². The molecule has 2 heterocycles. The van der Waals surface area contributed by atoms with E-state index in [1.807, 2.05) is 7.11 Å². The number of hydrogen-bond acceptors (Lipinski definition) is 4. The quantitative estimate of drug-likeness (QED) is 0.779. The number of ether oxygens (including phenoxy) is 3. The molecule has 20 heavy (non-hydrogen) atoms. The Kier molecular flexibility index (Phi) is 6.27. The summed E-state index contributed by atoms with van der Waals surface area (Å²) in [7, 11) is 1.85.